The number of hydrogen-bond donors (Lipinski definition) is 3. The summed E-state index contributed by atoms with van der Waals surface area (Å²) in [5, 5.41) is 21.2. The van der Waals surface area contributed by atoms with Crippen molar-refractivity contribution in [3.05, 3.63) is 58.5 Å². The van der Waals surface area contributed by atoms with Crippen LogP contribution in [0.3, 0.4) is 0 Å². The number of anilines is 2. The highest BCUT2D eigenvalue weighted by Crippen LogP contribution is 2.31. The maximum absolute atomic E-state index is 11.6. The molecular weight excluding hydrogens is 288 g/mol. The van der Waals surface area contributed by atoms with Crippen LogP contribution in [0, 0.1) is 4.91 Å². The molecule has 0 fully saturated rings. The van der Waals surface area contributed by atoms with Crippen molar-refractivity contribution in [3.8, 4) is 0 Å². The van der Waals surface area contributed by atoms with Crippen molar-refractivity contribution in [2.75, 3.05) is 12.4 Å². The Morgan fingerprint density at radius 2 is 1.55 bits per heavy atom. The fraction of sp³-hybridized carbons (Fsp3) is 0.0667. The third-order valence-electron chi connectivity index (χ3n) is 2.99. The Morgan fingerprint density at radius 1 is 1.00 bits per heavy atom. The summed E-state index contributed by atoms with van der Waals surface area (Å²) in [6.45, 7) is 0. The Balaban J connectivity index is 2.61. The predicted octanol–water partition coefficient (Wildman–Crippen LogP) is 2.87. The number of nitrogens with one attached hydrogen (secondary N) is 1. The maximum atomic E-state index is 11.6. The zero-order valence-electron chi connectivity index (χ0n) is 11.6. The van der Waals surface area contributed by atoms with E-state index < -0.39 is 23.1 Å². The summed E-state index contributed by atoms with van der Waals surface area (Å²) >= 11 is 0. The molecule has 7 nitrogen and oxygen atoms in total. The van der Waals surface area contributed by atoms with Crippen LogP contribution >= 0.6 is 0 Å². The summed E-state index contributed by atoms with van der Waals surface area (Å²) in [5.74, 6) is -2.79. The van der Waals surface area contributed by atoms with Gasteiger partial charge in [0.2, 0.25) is 0 Å². The second-order valence-corrected chi connectivity index (χ2v) is 4.51. The first-order chi connectivity index (χ1) is 10.4. The number of nitrogens with zero attached hydrogens (tertiary/aromatic N) is 1. The van der Waals surface area contributed by atoms with Crippen LogP contribution in [0.25, 0.3) is 0 Å². The Labute approximate surface area is 125 Å². The van der Waals surface area contributed by atoms with E-state index in [9.17, 15) is 14.5 Å². The van der Waals surface area contributed by atoms with E-state index in [4.69, 9.17) is 10.2 Å². The molecule has 0 aliphatic rings. The second-order valence-electron chi connectivity index (χ2n) is 4.51. The average Bonchev–Trinajstić information content (AvgIpc) is 2.47. The molecule has 112 valence electrons. The van der Waals surface area contributed by atoms with Crippen LogP contribution in [0.4, 0.5) is 17.1 Å². The fourth-order valence-electron chi connectivity index (χ4n) is 1.98. The minimum Gasteiger partial charge on any atom is -0.478 e. The summed E-state index contributed by atoms with van der Waals surface area (Å²) < 4.78 is 0.476. The van der Waals surface area contributed by atoms with Gasteiger partial charge in [0.1, 0.15) is 5.69 Å². The van der Waals surface area contributed by atoms with Crippen molar-refractivity contribution in [1.29, 1.82) is 0 Å². The van der Waals surface area contributed by atoms with E-state index in [1.807, 2.05) is 6.07 Å². The molecule has 0 aliphatic carbocycles. The molecule has 3 N–H and O–H groups in total. The normalized spacial score (nSPS) is 10.0. The quantitative estimate of drug-likeness (QED) is 0.733. The number of hydrogen-bond acceptors (Lipinski definition) is 4. The second kappa shape index (κ2) is 6.04. The molecule has 22 heavy (non-hydrogen) atoms. The molecule has 0 aromatic heterocycles. The summed E-state index contributed by atoms with van der Waals surface area (Å²) in [4.78, 5) is 34.0. The summed E-state index contributed by atoms with van der Waals surface area (Å²) in [6.07, 6.45) is 0. The lowest BCUT2D eigenvalue weighted by atomic mass is 10.0. The van der Waals surface area contributed by atoms with Gasteiger partial charge in [-0.15, -0.1) is 0 Å². The molecule has 2 rings (SSSR count). The molecule has 0 saturated heterocycles. The minimum atomic E-state index is -1.41. The van der Waals surface area contributed by atoms with E-state index in [-0.39, 0.29) is 11.4 Å². The zero-order chi connectivity index (χ0) is 16.3. The molecular formula is C15H13N2O5+. The van der Waals surface area contributed by atoms with Crippen molar-refractivity contribution in [3.63, 3.8) is 0 Å². The largest absolute Gasteiger partial charge is 0.478 e. The van der Waals surface area contributed by atoms with Gasteiger partial charge < -0.3 is 15.5 Å². The molecule has 0 amide bonds. The average molecular weight is 301 g/mol. The standard InChI is InChI=1S/C15H12N2O5/c1-17(22)13-8-11(15(20)21)10(14(18)19)7-12(13)16-9-5-3-2-4-6-9/h2-8H,1H3,(H2-,16,18,19,20,21,22)/p+1. The van der Waals surface area contributed by atoms with Gasteiger partial charge >= 0.3 is 11.9 Å². The van der Waals surface area contributed by atoms with Gasteiger partial charge in [0, 0.05) is 21.4 Å². The molecule has 0 saturated carbocycles. The van der Waals surface area contributed by atoms with Gasteiger partial charge in [0.15, 0.2) is 7.05 Å². The van der Waals surface area contributed by atoms with Crippen LogP contribution in [0.15, 0.2) is 42.5 Å². The molecule has 0 bridgehead atoms. The topological polar surface area (TPSA) is 107 Å². The minimum absolute atomic E-state index is 0.0336. The third kappa shape index (κ3) is 3.09. The first-order valence-corrected chi connectivity index (χ1v) is 6.27. The van der Waals surface area contributed by atoms with Crippen LogP contribution in [-0.2, 0) is 0 Å². The smallest absolute Gasteiger partial charge is 0.336 e. The Hall–Kier alpha value is -3.22. The van der Waals surface area contributed by atoms with Crippen LogP contribution < -0.4 is 5.32 Å². The highest BCUT2D eigenvalue weighted by molar-refractivity contribution is 6.03. The SMILES string of the molecule is C[N+](=O)c1cc(C(=O)O)c(C(=O)O)cc1Nc1ccccc1. The number of carboxylic acids is 2. The summed E-state index contributed by atoms with van der Waals surface area (Å²) in [7, 11) is 1.21. The molecule has 0 unspecified atom stereocenters. The monoisotopic (exact) mass is 301 g/mol. The van der Waals surface area contributed by atoms with E-state index in [1.54, 1.807) is 24.3 Å². The van der Waals surface area contributed by atoms with Gasteiger partial charge in [-0.3, -0.25) is 0 Å². The Bertz CT molecular complexity index is 756. The molecule has 2 aromatic rings. The fourth-order valence-corrected chi connectivity index (χ4v) is 1.98. The predicted molar refractivity (Wildman–Crippen MR) is 79.3 cm³/mol. The lowest BCUT2D eigenvalue weighted by Crippen LogP contribution is -2.10. The van der Waals surface area contributed by atoms with E-state index in [0.29, 0.717) is 10.4 Å². The van der Waals surface area contributed by atoms with Gasteiger partial charge in [0.05, 0.1) is 11.1 Å². The molecule has 0 heterocycles. The highest BCUT2D eigenvalue weighted by Gasteiger charge is 2.25. The van der Waals surface area contributed by atoms with E-state index >= 15 is 0 Å². The van der Waals surface area contributed by atoms with Crippen LogP contribution in [0.5, 0.6) is 0 Å². The molecule has 0 spiro atoms. The Kier molecular flexibility index (Phi) is 4.17. The first-order valence-electron chi connectivity index (χ1n) is 6.27. The number of benzene rings is 2. The number of rotatable bonds is 5. The highest BCUT2D eigenvalue weighted by atomic mass is 16.4. The van der Waals surface area contributed by atoms with Crippen LogP contribution in [0.2, 0.25) is 0 Å². The van der Waals surface area contributed by atoms with Crippen molar-refractivity contribution in [2.24, 2.45) is 0 Å². The van der Waals surface area contributed by atoms with Crippen LogP contribution in [-0.4, -0.2) is 34.0 Å². The van der Waals surface area contributed by atoms with Crippen molar-refractivity contribution < 1.29 is 24.6 Å². The van der Waals surface area contributed by atoms with E-state index in [2.05, 4.69) is 5.32 Å². The lowest BCUT2D eigenvalue weighted by Gasteiger charge is -2.09. The van der Waals surface area contributed by atoms with E-state index in [1.165, 1.54) is 7.05 Å². The van der Waals surface area contributed by atoms with Crippen molar-refractivity contribution >= 4 is 29.0 Å². The summed E-state index contributed by atoms with van der Waals surface area (Å²) in [5.41, 5.74) is 0.0581. The molecule has 2 aromatic carbocycles. The molecule has 0 radical (unpaired) electrons. The molecule has 0 aliphatic heterocycles. The van der Waals surface area contributed by atoms with Gasteiger partial charge in [-0.25, -0.2) is 9.59 Å². The van der Waals surface area contributed by atoms with Crippen LogP contribution in [0.1, 0.15) is 20.7 Å². The van der Waals surface area contributed by atoms with Gasteiger partial charge in [-0.05, 0) is 18.2 Å². The van der Waals surface area contributed by atoms with E-state index in [0.717, 1.165) is 12.1 Å². The van der Waals surface area contributed by atoms with Crippen molar-refractivity contribution in [2.45, 2.75) is 0 Å². The van der Waals surface area contributed by atoms with Gasteiger partial charge in [-0.2, -0.15) is 0 Å². The summed E-state index contributed by atoms with van der Waals surface area (Å²) in [6, 6.07) is 11.0. The third-order valence-corrected chi connectivity index (χ3v) is 2.99. The lowest BCUT2D eigenvalue weighted by molar-refractivity contribution is -0.427. The number of carboxylic acid groups (broad SMARTS) is 2. The number of para-hydroxylation sites is 1. The number of aromatic carboxylic acids is 2. The number of nitroso groups, excluding NO2 is 1. The zero-order valence-corrected chi connectivity index (χ0v) is 11.6. The molecule has 7 heteroatoms. The number of carbonyl (C=O) groups is 2. The Morgan fingerprint density at radius 3 is 2.05 bits per heavy atom. The van der Waals surface area contributed by atoms with Crippen molar-refractivity contribution in [1.82, 2.24) is 0 Å². The maximum Gasteiger partial charge on any atom is 0.336 e. The molecule has 0 atom stereocenters. The first kappa shape index (κ1) is 15.2. The van der Waals surface area contributed by atoms with Gasteiger partial charge in [0.25, 0.3) is 5.69 Å². The van der Waals surface area contributed by atoms with Gasteiger partial charge in [-0.1, -0.05) is 18.2 Å².